The van der Waals surface area contributed by atoms with Crippen LogP contribution in [0, 0.1) is 5.92 Å². The van der Waals surface area contributed by atoms with E-state index in [4.69, 9.17) is 5.73 Å². The molecule has 1 aromatic rings. The lowest BCUT2D eigenvalue weighted by molar-refractivity contribution is 0.420. The summed E-state index contributed by atoms with van der Waals surface area (Å²) >= 11 is 0. The van der Waals surface area contributed by atoms with Gasteiger partial charge in [-0.05, 0) is 36.5 Å². The molecule has 0 bridgehead atoms. The van der Waals surface area contributed by atoms with Crippen molar-refractivity contribution in [3.63, 3.8) is 0 Å². The average molecular weight is 216 g/mol. The number of allylic oxidation sites excluding steroid dienone is 1. The van der Waals surface area contributed by atoms with E-state index in [1.54, 1.807) is 0 Å². The van der Waals surface area contributed by atoms with Crippen molar-refractivity contribution in [2.75, 3.05) is 0 Å². The molecule has 1 saturated carbocycles. The molecule has 16 heavy (non-hydrogen) atoms. The molecular formula is C14H20N2. The fourth-order valence-corrected chi connectivity index (χ4v) is 2.22. The van der Waals surface area contributed by atoms with Crippen LogP contribution in [0.25, 0.3) is 6.08 Å². The predicted molar refractivity (Wildman–Crippen MR) is 67.7 cm³/mol. The third kappa shape index (κ3) is 3.17. The Morgan fingerprint density at radius 3 is 2.69 bits per heavy atom. The molecule has 0 aliphatic heterocycles. The van der Waals surface area contributed by atoms with Gasteiger partial charge in [-0.2, -0.15) is 0 Å². The minimum Gasteiger partial charge on any atom is -0.326 e. The lowest BCUT2D eigenvalue weighted by atomic mass is 9.89. The van der Waals surface area contributed by atoms with Gasteiger partial charge in [-0.3, -0.25) is 4.98 Å². The molecule has 1 aliphatic carbocycles. The van der Waals surface area contributed by atoms with Gasteiger partial charge in [-0.15, -0.1) is 0 Å². The number of nitrogens with two attached hydrogens (primary N) is 1. The second kappa shape index (κ2) is 5.80. The topological polar surface area (TPSA) is 38.9 Å². The monoisotopic (exact) mass is 216 g/mol. The maximum Gasteiger partial charge on any atom is 0.0626 e. The minimum absolute atomic E-state index is 0.569. The van der Waals surface area contributed by atoms with E-state index in [1.165, 1.54) is 32.1 Å². The van der Waals surface area contributed by atoms with Crippen molar-refractivity contribution in [1.29, 1.82) is 0 Å². The first-order valence-electron chi connectivity index (χ1n) is 6.21. The molecule has 0 radical (unpaired) electrons. The highest BCUT2D eigenvalue weighted by atomic mass is 14.7. The summed E-state index contributed by atoms with van der Waals surface area (Å²) in [6.45, 7) is 0.569. The van der Waals surface area contributed by atoms with Crippen LogP contribution in [0.4, 0.5) is 0 Å². The molecule has 2 heteroatoms. The summed E-state index contributed by atoms with van der Waals surface area (Å²) in [7, 11) is 0. The van der Waals surface area contributed by atoms with Crippen LogP contribution in [0.5, 0.6) is 0 Å². The second-order valence-corrected chi connectivity index (χ2v) is 4.55. The van der Waals surface area contributed by atoms with Crippen LogP contribution in [0.3, 0.4) is 0 Å². The van der Waals surface area contributed by atoms with Crippen molar-refractivity contribution in [1.82, 2.24) is 4.98 Å². The summed E-state index contributed by atoms with van der Waals surface area (Å²) < 4.78 is 0. The molecule has 1 aliphatic rings. The molecule has 0 aromatic carbocycles. The normalized spacial score (nSPS) is 18.1. The Balaban J connectivity index is 1.94. The molecule has 2 N–H and O–H groups in total. The zero-order chi connectivity index (χ0) is 11.2. The first kappa shape index (κ1) is 11.3. The molecule has 0 unspecified atom stereocenters. The summed E-state index contributed by atoms with van der Waals surface area (Å²) in [5.41, 5.74) is 7.67. The van der Waals surface area contributed by atoms with Crippen LogP contribution in [0.1, 0.15) is 43.4 Å². The van der Waals surface area contributed by atoms with Gasteiger partial charge >= 0.3 is 0 Å². The molecule has 0 saturated heterocycles. The summed E-state index contributed by atoms with van der Waals surface area (Å²) in [4.78, 5) is 4.37. The number of aromatic nitrogens is 1. The van der Waals surface area contributed by atoms with E-state index >= 15 is 0 Å². The van der Waals surface area contributed by atoms with E-state index < -0.39 is 0 Å². The first-order chi connectivity index (χ1) is 7.88. The van der Waals surface area contributed by atoms with Crippen LogP contribution in [-0.2, 0) is 6.54 Å². The van der Waals surface area contributed by atoms with Crippen LogP contribution < -0.4 is 5.73 Å². The molecule has 1 heterocycles. The summed E-state index contributed by atoms with van der Waals surface area (Å²) in [5, 5.41) is 0. The van der Waals surface area contributed by atoms with E-state index in [9.17, 15) is 0 Å². The number of pyridine rings is 1. The molecule has 1 aromatic heterocycles. The first-order valence-corrected chi connectivity index (χ1v) is 6.21. The number of nitrogens with zero attached hydrogens (tertiary/aromatic N) is 1. The largest absolute Gasteiger partial charge is 0.326 e. The van der Waals surface area contributed by atoms with Gasteiger partial charge in [0.05, 0.1) is 5.69 Å². The van der Waals surface area contributed by atoms with Crippen LogP contribution >= 0.6 is 0 Å². The molecule has 0 amide bonds. The highest BCUT2D eigenvalue weighted by Crippen LogP contribution is 2.25. The quantitative estimate of drug-likeness (QED) is 0.843. The maximum atomic E-state index is 5.53. The summed E-state index contributed by atoms with van der Waals surface area (Å²) in [6, 6.07) is 4.09. The number of hydrogen-bond acceptors (Lipinski definition) is 2. The Morgan fingerprint density at radius 2 is 2.06 bits per heavy atom. The third-order valence-corrected chi connectivity index (χ3v) is 3.27. The summed E-state index contributed by atoms with van der Waals surface area (Å²) in [6.07, 6.45) is 13.2. The summed E-state index contributed by atoms with van der Waals surface area (Å²) in [5.74, 6) is 0.768. The highest BCUT2D eigenvalue weighted by molar-refractivity contribution is 5.44. The fourth-order valence-electron chi connectivity index (χ4n) is 2.22. The molecular weight excluding hydrogens is 196 g/mol. The van der Waals surface area contributed by atoms with Gasteiger partial charge in [0, 0.05) is 12.7 Å². The number of hydrogen-bond donors (Lipinski definition) is 1. The van der Waals surface area contributed by atoms with Crippen molar-refractivity contribution in [2.45, 2.75) is 38.6 Å². The zero-order valence-electron chi connectivity index (χ0n) is 9.73. The molecule has 0 spiro atoms. The fraction of sp³-hybridized carbons (Fsp3) is 0.500. The van der Waals surface area contributed by atoms with Crippen molar-refractivity contribution in [3.05, 3.63) is 35.7 Å². The van der Waals surface area contributed by atoms with Crippen molar-refractivity contribution >= 4 is 6.08 Å². The van der Waals surface area contributed by atoms with E-state index in [0.29, 0.717) is 6.54 Å². The van der Waals surface area contributed by atoms with Crippen molar-refractivity contribution < 1.29 is 0 Å². The van der Waals surface area contributed by atoms with Crippen LogP contribution in [0.15, 0.2) is 24.4 Å². The predicted octanol–water partition coefficient (Wildman–Crippen LogP) is 3.13. The van der Waals surface area contributed by atoms with Crippen LogP contribution in [0.2, 0.25) is 0 Å². The Bertz CT molecular complexity index is 334. The van der Waals surface area contributed by atoms with Crippen molar-refractivity contribution in [2.24, 2.45) is 11.7 Å². The van der Waals surface area contributed by atoms with Gasteiger partial charge in [0.25, 0.3) is 0 Å². The maximum absolute atomic E-state index is 5.53. The molecule has 2 rings (SSSR count). The van der Waals surface area contributed by atoms with E-state index in [1.807, 2.05) is 18.3 Å². The van der Waals surface area contributed by atoms with Crippen molar-refractivity contribution in [3.8, 4) is 0 Å². The van der Waals surface area contributed by atoms with E-state index in [2.05, 4.69) is 17.1 Å². The van der Waals surface area contributed by atoms with Gasteiger partial charge in [-0.1, -0.05) is 31.4 Å². The highest BCUT2D eigenvalue weighted by Gasteiger charge is 2.09. The van der Waals surface area contributed by atoms with Gasteiger partial charge in [0.2, 0.25) is 0 Å². The molecule has 86 valence electrons. The smallest absolute Gasteiger partial charge is 0.0626 e. The second-order valence-electron chi connectivity index (χ2n) is 4.55. The van der Waals surface area contributed by atoms with E-state index in [0.717, 1.165) is 17.2 Å². The lowest BCUT2D eigenvalue weighted by Crippen LogP contribution is -2.02. The van der Waals surface area contributed by atoms with Gasteiger partial charge < -0.3 is 5.73 Å². The Morgan fingerprint density at radius 1 is 1.25 bits per heavy atom. The Hall–Kier alpha value is -1.15. The standard InChI is InChI=1S/C14H20N2/c15-10-13-7-9-14(16-11-13)8-6-12-4-2-1-3-5-12/h6-9,11-12H,1-5,10,15H2/b8-6-. The molecule has 0 atom stereocenters. The average Bonchev–Trinajstić information content (AvgIpc) is 2.38. The van der Waals surface area contributed by atoms with Gasteiger partial charge in [-0.25, -0.2) is 0 Å². The van der Waals surface area contributed by atoms with Gasteiger partial charge in [0.15, 0.2) is 0 Å². The molecule has 2 nitrogen and oxygen atoms in total. The van der Waals surface area contributed by atoms with Crippen LogP contribution in [-0.4, -0.2) is 4.98 Å². The third-order valence-electron chi connectivity index (χ3n) is 3.27. The Kier molecular flexibility index (Phi) is 4.11. The zero-order valence-corrected chi connectivity index (χ0v) is 9.73. The van der Waals surface area contributed by atoms with E-state index in [-0.39, 0.29) is 0 Å². The van der Waals surface area contributed by atoms with Gasteiger partial charge in [0.1, 0.15) is 0 Å². The SMILES string of the molecule is NCc1ccc(/C=C\C2CCCCC2)nc1. The number of rotatable bonds is 3. The minimum atomic E-state index is 0.569. The Labute approximate surface area is 97.6 Å². The lowest BCUT2D eigenvalue weighted by Gasteiger charge is -2.17. The molecule has 1 fully saturated rings.